The van der Waals surface area contributed by atoms with Crippen LogP contribution in [0, 0.1) is 34.5 Å². The summed E-state index contributed by atoms with van der Waals surface area (Å²) in [7, 11) is 0. The molecule has 0 spiro atoms. The Kier molecular flexibility index (Phi) is 5.35. The Balaban J connectivity index is 1.31. The number of hydrogen-bond donors (Lipinski definition) is 1. The van der Waals surface area contributed by atoms with Gasteiger partial charge in [-0.1, -0.05) is 13.8 Å². The molecule has 1 heterocycles. The van der Waals surface area contributed by atoms with E-state index in [0.29, 0.717) is 22.9 Å². The zero-order valence-corrected chi connectivity index (χ0v) is 18.6. The van der Waals surface area contributed by atoms with E-state index >= 15 is 0 Å². The monoisotopic (exact) mass is 399 g/mol. The highest BCUT2D eigenvalue weighted by molar-refractivity contribution is 5.22. The average molecular weight is 400 g/mol. The first kappa shape index (κ1) is 20.1. The van der Waals surface area contributed by atoms with E-state index in [1.54, 1.807) is 0 Å². The van der Waals surface area contributed by atoms with Crippen LogP contribution in [-0.2, 0) is 4.74 Å². The van der Waals surface area contributed by atoms with Crippen molar-refractivity contribution in [3.05, 3.63) is 24.2 Å². The Bertz CT molecular complexity index is 687. The van der Waals surface area contributed by atoms with Crippen LogP contribution < -0.4 is 5.73 Å². The second kappa shape index (κ2) is 7.71. The molecule has 29 heavy (non-hydrogen) atoms. The molecular weight excluding hydrogens is 358 g/mol. The molecule has 0 radical (unpaired) electrons. The molecule has 0 amide bonds. The summed E-state index contributed by atoms with van der Waals surface area (Å²) < 4.78 is 11.7. The van der Waals surface area contributed by atoms with Gasteiger partial charge < -0.3 is 14.9 Å². The molecule has 4 fully saturated rings. The van der Waals surface area contributed by atoms with Crippen molar-refractivity contribution in [3.8, 4) is 0 Å². The molecule has 4 saturated carbocycles. The van der Waals surface area contributed by atoms with Crippen molar-refractivity contribution in [3.63, 3.8) is 0 Å². The third-order valence-electron chi connectivity index (χ3n) is 10.3. The first-order valence-electron chi connectivity index (χ1n) is 12.4. The minimum absolute atomic E-state index is 0.483. The summed E-state index contributed by atoms with van der Waals surface area (Å²) in [6.45, 7) is 6.88. The smallest absolute Gasteiger partial charge is 0.0937 e. The lowest BCUT2D eigenvalue weighted by Gasteiger charge is -2.61. The first-order valence-corrected chi connectivity index (χ1v) is 12.4. The lowest BCUT2D eigenvalue weighted by atomic mass is 9.44. The highest BCUT2D eigenvalue weighted by Crippen LogP contribution is 2.69. The number of ether oxygens (including phenoxy) is 1. The largest absolute Gasteiger partial charge is 0.472 e. The molecule has 2 N–H and O–H groups in total. The van der Waals surface area contributed by atoms with E-state index in [4.69, 9.17) is 14.9 Å². The topological polar surface area (TPSA) is 48.4 Å². The van der Waals surface area contributed by atoms with Crippen LogP contribution in [0.4, 0.5) is 0 Å². The maximum Gasteiger partial charge on any atom is 0.0937 e. The van der Waals surface area contributed by atoms with Crippen LogP contribution in [0.3, 0.4) is 0 Å². The fourth-order valence-electron chi connectivity index (χ4n) is 8.72. The maximum atomic E-state index is 6.21. The van der Waals surface area contributed by atoms with Crippen molar-refractivity contribution >= 4 is 0 Å². The molecule has 3 nitrogen and oxygen atoms in total. The Hall–Kier alpha value is -0.800. The van der Waals surface area contributed by atoms with Crippen molar-refractivity contribution in [1.82, 2.24) is 0 Å². The first-order chi connectivity index (χ1) is 14.1. The summed E-state index contributed by atoms with van der Waals surface area (Å²) >= 11 is 0. The third kappa shape index (κ3) is 3.22. The lowest BCUT2D eigenvalue weighted by molar-refractivity contribution is -0.131. The molecule has 3 heteroatoms. The Labute approximate surface area is 177 Å². The van der Waals surface area contributed by atoms with Gasteiger partial charge in [-0.2, -0.15) is 0 Å². The number of rotatable bonds is 5. The van der Waals surface area contributed by atoms with Gasteiger partial charge in [0.15, 0.2) is 0 Å². The predicted octanol–water partition coefficient (Wildman–Crippen LogP) is 6.14. The zero-order chi connectivity index (χ0) is 20.1. The Morgan fingerprint density at radius 1 is 1.03 bits per heavy atom. The molecule has 4 aliphatic rings. The van der Waals surface area contributed by atoms with Crippen molar-refractivity contribution in [2.24, 2.45) is 40.2 Å². The molecule has 1 unspecified atom stereocenters. The van der Waals surface area contributed by atoms with Crippen molar-refractivity contribution in [2.45, 2.75) is 90.1 Å². The molecule has 0 saturated heterocycles. The van der Waals surface area contributed by atoms with E-state index < -0.39 is 0 Å². The Morgan fingerprint density at radius 2 is 1.86 bits per heavy atom. The average Bonchev–Trinajstić information content (AvgIpc) is 3.35. The van der Waals surface area contributed by atoms with Gasteiger partial charge in [-0.25, -0.2) is 0 Å². The van der Waals surface area contributed by atoms with E-state index in [0.717, 1.165) is 43.2 Å². The molecular formula is C26H41NO2. The van der Waals surface area contributed by atoms with Crippen LogP contribution in [0.5, 0.6) is 0 Å². The number of furan rings is 1. The van der Waals surface area contributed by atoms with Crippen molar-refractivity contribution < 1.29 is 9.15 Å². The molecule has 162 valence electrons. The summed E-state index contributed by atoms with van der Waals surface area (Å²) in [4.78, 5) is 0. The molecule has 1 aromatic rings. The summed E-state index contributed by atoms with van der Waals surface area (Å²) in [5, 5.41) is 0. The molecule has 1 aromatic heterocycles. The van der Waals surface area contributed by atoms with Gasteiger partial charge in [0.2, 0.25) is 0 Å². The summed E-state index contributed by atoms with van der Waals surface area (Å²) in [5.74, 6) is 4.38. The van der Waals surface area contributed by atoms with Gasteiger partial charge in [-0.05, 0) is 123 Å². The predicted molar refractivity (Wildman–Crippen MR) is 117 cm³/mol. The van der Waals surface area contributed by atoms with E-state index in [2.05, 4.69) is 19.9 Å². The summed E-state index contributed by atoms with van der Waals surface area (Å²) in [5.41, 5.74) is 8.15. The van der Waals surface area contributed by atoms with Crippen LogP contribution in [0.25, 0.3) is 0 Å². The number of nitrogens with two attached hydrogens (primary N) is 1. The van der Waals surface area contributed by atoms with Crippen LogP contribution in [0.1, 0.15) is 89.5 Å². The van der Waals surface area contributed by atoms with Crippen LogP contribution in [0.2, 0.25) is 0 Å². The molecule has 0 aliphatic heterocycles. The highest BCUT2D eigenvalue weighted by Gasteiger charge is 2.60. The van der Waals surface area contributed by atoms with E-state index in [1.165, 1.54) is 63.4 Å². The molecule has 0 aromatic carbocycles. The maximum absolute atomic E-state index is 6.21. The Morgan fingerprint density at radius 3 is 2.66 bits per heavy atom. The molecule has 8 atom stereocenters. The van der Waals surface area contributed by atoms with Crippen LogP contribution in [0.15, 0.2) is 23.0 Å². The van der Waals surface area contributed by atoms with Gasteiger partial charge in [0, 0.05) is 6.61 Å². The van der Waals surface area contributed by atoms with Crippen LogP contribution >= 0.6 is 0 Å². The third-order valence-corrected chi connectivity index (χ3v) is 10.3. The second-order valence-corrected chi connectivity index (χ2v) is 11.3. The van der Waals surface area contributed by atoms with E-state index in [1.807, 2.05) is 12.5 Å². The lowest BCUT2D eigenvalue weighted by Crippen LogP contribution is -2.53. The fourth-order valence-corrected chi connectivity index (χ4v) is 8.72. The summed E-state index contributed by atoms with van der Waals surface area (Å²) in [6.07, 6.45) is 17.8. The van der Waals surface area contributed by atoms with Crippen molar-refractivity contribution in [1.29, 1.82) is 0 Å². The van der Waals surface area contributed by atoms with Gasteiger partial charge in [-0.3, -0.25) is 0 Å². The highest BCUT2D eigenvalue weighted by atomic mass is 16.5. The van der Waals surface area contributed by atoms with Gasteiger partial charge in [0.1, 0.15) is 0 Å². The summed E-state index contributed by atoms with van der Waals surface area (Å²) in [6, 6.07) is 2.23. The molecule has 0 bridgehead atoms. The van der Waals surface area contributed by atoms with Gasteiger partial charge in [-0.15, -0.1) is 0 Å². The second-order valence-electron chi connectivity index (χ2n) is 11.3. The number of hydrogen-bond acceptors (Lipinski definition) is 3. The van der Waals surface area contributed by atoms with Gasteiger partial charge in [0.25, 0.3) is 0 Å². The normalized spacial score (nSPS) is 46.7. The SMILES string of the molecule is C[C@]12CCC(OCCCN)C[C@H]1CC[C@@H]1[C@@H]2CC[C@]2(C)[C@@H](c3ccoc3)CC[C@@H]12. The molecule has 5 rings (SSSR count). The number of fused-ring (bicyclic) bond motifs is 5. The van der Waals surface area contributed by atoms with Gasteiger partial charge in [0.05, 0.1) is 18.6 Å². The molecule has 4 aliphatic carbocycles. The zero-order valence-electron chi connectivity index (χ0n) is 18.6. The van der Waals surface area contributed by atoms with E-state index in [-0.39, 0.29) is 0 Å². The van der Waals surface area contributed by atoms with Crippen LogP contribution in [-0.4, -0.2) is 19.3 Å². The van der Waals surface area contributed by atoms with Crippen molar-refractivity contribution in [2.75, 3.05) is 13.2 Å². The standard InChI is InChI=1S/C26H41NO2/c1-25-11-8-20(29-14-3-13-27)16-19(25)4-5-21-23-7-6-22(18-10-15-28-17-18)26(23,2)12-9-24(21)25/h10,15,17,19-24H,3-9,11-14,16,27H2,1-2H3/t19-,20?,21+,22-,23+,24+,25+,26-/m1/s1. The quantitative estimate of drug-likeness (QED) is 0.605. The van der Waals surface area contributed by atoms with Gasteiger partial charge >= 0.3 is 0 Å². The minimum Gasteiger partial charge on any atom is -0.472 e. The minimum atomic E-state index is 0.483. The fraction of sp³-hybridized carbons (Fsp3) is 0.846. The van der Waals surface area contributed by atoms with E-state index in [9.17, 15) is 0 Å².